The van der Waals surface area contributed by atoms with E-state index in [1.165, 1.54) is 6.07 Å². The van der Waals surface area contributed by atoms with Gasteiger partial charge in [-0.2, -0.15) is 0 Å². The number of hydrogen-bond donors (Lipinski definition) is 2. The Bertz CT molecular complexity index is 451. The average Bonchev–Trinajstić information content (AvgIpc) is 2.24. The van der Waals surface area contributed by atoms with E-state index in [1.54, 1.807) is 20.8 Å². The van der Waals surface area contributed by atoms with Crippen LogP contribution >= 0.6 is 0 Å². The van der Waals surface area contributed by atoms with Gasteiger partial charge in [0.05, 0.1) is 6.20 Å². The van der Waals surface area contributed by atoms with E-state index in [0.717, 1.165) is 12.3 Å². The predicted octanol–water partition coefficient (Wildman–Crippen LogP) is 1.45. The van der Waals surface area contributed by atoms with Crippen LogP contribution in [0.25, 0.3) is 0 Å². The molecule has 2 N–H and O–H groups in total. The summed E-state index contributed by atoms with van der Waals surface area (Å²) in [4.78, 5) is 26.4. The van der Waals surface area contributed by atoms with Gasteiger partial charge in [0.15, 0.2) is 0 Å². The molecule has 0 fully saturated rings. The first-order valence-corrected chi connectivity index (χ1v) is 5.37. The lowest BCUT2D eigenvalue weighted by Gasteiger charge is -2.27. The lowest BCUT2D eigenvalue weighted by molar-refractivity contribution is -0.142. The molecule has 98 valence electrons. The number of nitrogens with one attached hydrogen (secondary N) is 1. The van der Waals surface area contributed by atoms with Gasteiger partial charge in [-0.15, -0.1) is 0 Å². The van der Waals surface area contributed by atoms with Crippen LogP contribution in [0.3, 0.4) is 0 Å². The molecule has 0 saturated heterocycles. The maximum absolute atomic E-state index is 12.6. The highest BCUT2D eigenvalue weighted by molar-refractivity contribution is 5.95. The molecule has 18 heavy (non-hydrogen) atoms. The summed E-state index contributed by atoms with van der Waals surface area (Å²) in [5, 5.41) is 11.4. The molecule has 0 bridgehead atoms. The van der Waals surface area contributed by atoms with Crippen molar-refractivity contribution in [2.45, 2.75) is 26.8 Å². The van der Waals surface area contributed by atoms with Crippen molar-refractivity contribution in [2.75, 3.05) is 0 Å². The number of hydrogen-bond acceptors (Lipinski definition) is 3. The van der Waals surface area contributed by atoms with Gasteiger partial charge in [-0.1, -0.05) is 20.8 Å². The van der Waals surface area contributed by atoms with Gasteiger partial charge in [0.1, 0.15) is 17.6 Å². The fourth-order valence-electron chi connectivity index (χ4n) is 1.36. The first-order valence-electron chi connectivity index (χ1n) is 5.37. The molecule has 1 atom stereocenters. The van der Waals surface area contributed by atoms with Crippen LogP contribution in [0, 0.1) is 11.2 Å². The molecule has 5 nitrogen and oxygen atoms in total. The molecule has 0 unspecified atom stereocenters. The number of nitrogens with zero attached hydrogens (tertiary/aromatic N) is 1. The van der Waals surface area contributed by atoms with Crippen molar-refractivity contribution in [1.29, 1.82) is 0 Å². The first kappa shape index (κ1) is 14.1. The van der Waals surface area contributed by atoms with Crippen LogP contribution in [0.4, 0.5) is 4.39 Å². The van der Waals surface area contributed by atoms with Crippen molar-refractivity contribution in [3.8, 4) is 0 Å². The highest BCUT2D eigenvalue weighted by Crippen LogP contribution is 2.19. The number of carbonyl (C=O) groups is 2. The van der Waals surface area contributed by atoms with E-state index in [0.29, 0.717) is 0 Å². The third-order valence-electron chi connectivity index (χ3n) is 2.35. The maximum atomic E-state index is 12.6. The maximum Gasteiger partial charge on any atom is 0.326 e. The summed E-state index contributed by atoms with van der Waals surface area (Å²) < 4.78 is 12.6. The van der Waals surface area contributed by atoms with Gasteiger partial charge in [-0.05, 0) is 17.5 Å². The highest BCUT2D eigenvalue weighted by atomic mass is 19.1. The highest BCUT2D eigenvalue weighted by Gasteiger charge is 2.32. The van der Waals surface area contributed by atoms with Gasteiger partial charge in [0.2, 0.25) is 0 Å². The van der Waals surface area contributed by atoms with Crippen LogP contribution in [0.1, 0.15) is 31.3 Å². The number of pyridine rings is 1. The number of aliphatic carboxylic acids is 1. The van der Waals surface area contributed by atoms with Crippen LogP contribution in [-0.2, 0) is 4.79 Å². The van der Waals surface area contributed by atoms with Gasteiger partial charge in [-0.3, -0.25) is 4.79 Å². The summed E-state index contributed by atoms with van der Waals surface area (Å²) in [5.74, 6) is -2.33. The van der Waals surface area contributed by atoms with Crippen molar-refractivity contribution in [3.63, 3.8) is 0 Å². The second-order valence-corrected chi connectivity index (χ2v) is 4.97. The fourth-order valence-corrected chi connectivity index (χ4v) is 1.36. The smallest absolute Gasteiger partial charge is 0.326 e. The van der Waals surface area contributed by atoms with Crippen molar-refractivity contribution >= 4 is 11.9 Å². The summed E-state index contributed by atoms with van der Waals surface area (Å²) in [5.41, 5.74) is -0.659. The average molecular weight is 254 g/mol. The van der Waals surface area contributed by atoms with E-state index < -0.39 is 29.2 Å². The summed E-state index contributed by atoms with van der Waals surface area (Å²) in [6.07, 6.45) is 0.905. The standard InChI is InChI=1S/C12H15FN2O3/c1-12(2,3)9(11(17)18)15-10(16)8-5-4-7(13)6-14-8/h4-6,9H,1-3H3,(H,15,16)(H,17,18)/t9-/m1/s1. The van der Waals surface area contributed by atoms with Crippen LogP contribution in [0.2, 0.25) is 0 Å². The molecule has 1 amide bonds. The van der Waals surface area contributed by atoms with E-state index in [-0.39, 0.29) is 5.69 Å². The third kappa shape index (κ3) is 3.51. The molecule has 0 saturated carbocycles. The quantitative estimate of drug-likeness (QED) is 0.855. The Morgan fingerprint density at radius 1 is 1.39 bits per heavy atom. The Kier molecular flexibility index (Phi) is 4.00. The molecule has 0 spiro atoms. The number of carbonyl (C=O) groups excluding carboxylic acids is 1. The number of rotatable bonds is 3. The second kappa shape index (κ2) is 5.12. The number of carboxylic acids is 1. The van der Waals surface area contributed by atoms with Gasteiger partial charge in [0, 0.05) is 0 Å². The lowest BCUT2D eigenvalue weighted by atomic mass is 9.86. The van der Waals surface area contributed by atoms with Crippen LogP contribution in [0.5, 0.6) is 0 Å². The zero-order chi connectivity index (χ0) is 13.9. The van der Waals surface area contributed by atoms with E-state index in [2.05, 4.69) is 10.3 Å². The molecule has 0 radical (unpaired) electrons. The Labute approximate surface area is 104 Å². The molecule has 0 aliphatic carbocycles. The normalized spacial score (nSPS) is 12.9. The minimum absolute atomic E-state index is 0.0214. The van der Waals surface area contributed by atoms with E-state index >= 15 is 0 Å². The summed E-state index contributed by atoms with van der Waals surface area (Å²) in [6.45, 7) is 5.10. The molecule has 0 aliphatic heterocycles. The SMILES string of the molecule is CC(C)(C)[C@H](NC(=O)c1ccc(F)cn1)C(=O)O. The van der Waals surface area contributed by atoms with Crippen LogP contribution in [0.15, 0.2) is 18.3 Å². The number of amides is 1. The minimum atomic E-state index is -1.13. The molecule has 1 rings (SSSR count). The largest absolute Gasteiger partial charge is 0.480 e. The third-order valence-corrected chi connectivity index (χ3v) is 2.35. The summed E-state index contributed by atoms with van der Waals surface area (Å²) >= 11 is 0. The van der Waals surface area contributed by atoms with E-state index in [9.17, 15) is 14.0 Å². The Balaban J connectivity index is 2.86. The number of carboxylic acid groups (broad SMARTS) is 1. The molecular formula is C12H15FN2O3. The van der Waals surface area contributed by atoms with Crippen molar-refractivity contribution < 1.29 is 19.1 Å². The zero-order valence-electron chi connectivity index (χ0n) is 10.4. The van der Waals surface area contributed by atoms with Crippen LogP contribution in [-0.4, -0.2) is 28.0 Å². The monoisotopic (exact) mass is 254 g/mol. The fraction of sp³-hybridized carbons (Fsp3) is 0.417. The molecular weight excluding hydrogens is 239 g/mol. The van der Waals surface area contributed by atoms with Crippen molar-refractivity contribution in [1.82, 2.24) is 10.3 Å². The number of halogens is 1. The zero-order valence-corrected chi connectivity index (χ0v) is 10.4. The summed E-state index contributed by atoms with van der Waals surface area (Å²) in [6, 6.07) is 1.25. The van der Waals surface area contributed by atoms with Gasteiger partial charge < -0.3 is 10.4 Å². The summed E-state index contributed by atoms with van der Waals surface area (Å²) in [7, 11) is 0. The van der Waals surface area contributed by atoms with Gasteiger partial charge in [0.25, 0.3) is 5.91 Å². The molecule has 1 aromatic rings. The first-order chi connectivity index (χ1) is 8.21. The molecule has 1 heterocycles. The Hall–Kier alpha value is -1.98. The number of aromatic nitrogens is 1. The van der Waals surface area contributed by atoms with Crippen molar-refractivity contribution in [3.05, 3.63) is 29.8 Å². The van der Waals surface area contributed by atoms with Gasteiger partial charge >= 0.3 is 5.97 Å². The van der Waals surface area contributed by atoms with E-state index in [1.807, 2.05) is 0 Å². The minimum Gasteiger partial charge on any atom is -0.480 e. The lowest BCUT2D eigenvalue weighted by Crippen LogP contribution is -2.49. The van der Waals surface area contributed by atoms with Crippen molar-refractivity contribution in [2.24, 2.45) is 5.41 Å². The molecule has 0 aromatic carbocycles. The molecule has 1 aromatic heterocycles. The van der Waals surface area contributed by atoms with E-state index in [4.69, 9.17) is 5.11 Å². The molecule has 6 heteroatoms. The Morgan fingerprint density at radius 2 is 2.00 bits per heavy atom. The topological polar surface area (TPSA) is 79.3 Å². The second-order valence-electron chi connectivity index (χ2n) is 4.97. The van der Waals surface area contributed by atoms with Crippen LogP contribution < -0.4 is 5.32 Å². The Morgan fingerprint density at radius 3 is 2.39 bits per heavy atom. The predicted molar refractivity (Wildman–Crippen MR) is 62.5 cm³/mol. The van der Waals surface area contributed by atoms with Gasteiger partial charge in [-0.25, -0.2) is 14.2 Å². The molecule has 0 aliphatic rings.